The van der Waals surface area contributed by atoms with E-state index in [1.807, 2.05) is 4.57 Å². The second-order valence-electron chi connectivity index (χ2n) is 4.13. The largest absolute Gasteiger partial charge is 0.377 e. The van der Waals surface area contributed by atoms with E-state index in [1.54, 1.807) is 19.2 Å². The predicted molar refractivity (Wildman–Crippen MR) is 75.3 cm³/mol. The number of aromatic nitrogens is 2. The number of imidazole rings is 1. The zero-order chi connectivity index (χ0) is 13.8. The second kappa shape index (κ2) is 6.25. The predicted octanol–water partition coefficient (Wildman–Crippen LogP) is 3.79. The number of ether oxygens (including phenoxy) is 1. The molecule has 2 aromatic rings. The number of benzene rings is 1. The third-order valence-corrected chi connectivity index (χ3v) is 3.54. The highest BCUT2D eigenvalue weighted by Crippen LogP contribution is 2.28. The summed E-state index contributed by atoms with van der Waals surface area (Å²) in [6.07, 6.45) is 1.27. The van der Waals surface area contributed by atoms with Crippen LogP contribution in [0.1, 0.15) is 18.7 Å². The van der Waals surface area contributed by atoms with Gasteiger partial charge in [0.1, 0.15) is 12.4 Å². The van der Waals surface area contributed by atoms with Crippen LogP contribution in [0.5, 0.6) is 0 Å². The van der Waals surface area contributed by atoms with Crippen molar-refractivity contribution in [3.8, 4) is 6.07 Å². The summed E-state index contributed by atoms with van der Waals surface area (Å²) in [5.41, 5.74) is 1.71. The van der Waals surface area contributed by atoms with Crippen molar-refractivity contribution < 1.29 is 4.74 Å². The zero-order valence-corrected chi connectivity index (χ0v) is 12.0. The Labute approximate surface area is 121 Å². The van der Waals surface area contributed by atoms with Crippen LogP contribution in [0.3, 0.4) is 0 Å². The van der Waals surface area contributed by atoms with E-state index >= 15 is 0 Å². The molecule has 0 unspecified atom stereocenters. The highest BCUT2D eigenvalue weighted by Gasteiger charge is 2.12. The number of hydrogen-bond acceptors (Lipinski definition) is 3. The van der Waals surface area contributed by atoms with Gasteiger partial charge in [0.2, 0.25) is 0 Å². The van der Waals surface area contributed by atoms with Crippen molar-refractivity contribution in [1.29, 1.82) is 5.26 Å². The van der Waals surface area contributed by atoms with Gasteiger partial charge in [-0.25, -0.2) is 4.98 Å². The van der Waals surface area contributed by atoms with Gasteiger partial charge in [0.05, 0.1) is 27.1 Å². The van der Waals surface area contributed by atoms with Gasteiger partial charge in [0, 0.05) is 20.1 Å². The van der Waals surface area contributed by atoms with Crippen LogP contribution in [0.2, 0.25) is 10.0 Å². The lowest BCUT2D eigenvalue weighted by Gasteiger charge is -2.07. The van der Waals surface area contributed by atoms with Gasteiger partial charge in [0.15, 0.2) is 0 Å². The molecule has 0 aliphatic heterocycles. The highest BCUT2D eigenvalue weighted by atomic mass is 35.5. The van der Waals surface area contributed by atoms with E-state index in [0.717, 1.165) is 23.3 Å². The molecule has 0 N–H and O–H groups in total. The molecule has 6 heteroatoms. The summed E-state index contributed by atoms with van der Waals surface area (Å²) >= 11 is 12.0. The van der Waals surface area contributed by atoms with E-state index in [-0.39, 0.29) is 0 Å². The first-order chi connectivity index (χ1) is 9.17. The smallest absolute Gasteiger partial charge is 0.135 e. The van der Waals surface area contributed by atoms with Crippen LogP contribution >= 0.6 is 23.2 Å². The van der Waals surface area contributed by atoms with Crippen molar-refractivity contribution in [1.82, 2.24) is 9.55 Å². The lowest BCUT2D eigenvalue weighted by Crippen LogP contribution is -2.05. The second-order valence-corrected chi connectivity index (χ2v) is 4.94. The van der Waals surface area contributed by atoms with Crippen LogP contribution in [-0.4, -0.2) is 16.7 Å². The highest BCUT2D eigenvalue weighted by molar-refractivity contribution is 6.42. The number of unbranched alkanes of at least 4 members (excludes halogenated alkanes) is 1. The summed E-state index contributed by atoms with van der Waals surface area (Å²) in [5, 5.41) is 9.61. The fourth-order valence-electron chi connectivity index (χ4n) is 1.98. The van der Waals surface area contributed by atoms with Crippen LogP contribution in [0, 0.1) is 11.3 Å². The van der Waals surface area contributed by atoms with E-state index in [2.05, 4.69) is 11.1 Å². The minimum absolute atomic E-state index is 0.413. The summed E-state index contributed by atoms with van der Waals surface area (Å²) in [6, 6.07) is 5.69. The van der Waals surface area contributed by atoms with Crippen molar-refractivity contribution in [2.45, 2.75) is 26.0 Å². The van der Waals surface area contributed by atoms with E-state index in [0.29, 0.717) is 29.6 Å². The fraction of sp³-hybridized carbons (Fsp3) is 0.385. The molecule has 0 saturated heterocycles. The SMILES string of the molecule is COCc1nc2cc(Cl)c(Cl)cc2n1CCCC#N. The van der Waals surface area contributed by atoms with Crippen LogP contribution in [0.15, 0.2) is 12.1 Å². The van der Waals surface area contributed by atoms with Crippen LogP contribution in [-0.2, 0) is 17.9 Å². The van der Waals surface area contributed by atoms with Crippen molar-refractivity contribution in [3.63, 3.8) is 0 Å². The Morgan fingerprint density at radius 1 is 1.37 bits per heavy atom. The number of methoxy groups -OCH3 is 1. The molecule has 4 nitrogen and oxygen atoms in total. The standard InChI is InChI=1S/C13H13Cl2N3O/c1-19-8-13-17-11-6-9(14)10(15)7-12(11)18(13)5-3-2-4-16/h6-7H,2-3,5,8H2,1H3. The van der Waals surface area contributed by atoms with Gasteiger partial charge in [0.25, 0.3) is 0 Å². The van der Waals surface area contributed by atoms with Gasteiger partial charge in [-0.15, -0.1) is 0 Å². The third-order valence-electron chi connectivity index (χ3n) is 2.81. The summed E-state index contributed by atoms with van der Waals surface area (Å²) in [4.78, 5) is 4.50. The molecule has 1 aromatic heterocycles. The van der Waals surface area contributed by atoms with Crippen LogP contribution < -0.4 is 0 Å². The number of fused-ring (bicyclic) bond motifs is 1. The average Bonchev–Trinajstić information content (AvgIpc) is 2.69. The Morgan fingerprint density at radius 2 is 2.11 bits per heavy atom. The number of rotatable bonds is 5. The Bertz CT molecular complexity index is 631. The number of aryl methyl sites for hydroxylation is 1. The topological polar surface area (TPSA) is 50.8 Å². The minimum Gasteiger partial charge on any atom is -0.377 e. The summed E-state index contributed by atoms with van der Waals surface area (Å²) < 4.78 is 7.18. The molecule has 1 heterocycles. The average molecular weight is 298 g/mol. The molecule has 1 aromatic carbocycles. The summed E-state index contributed by atoms with van der Waals surface area (Å²) in [5.74, 6) is 0.814. The lowest BCUT2D eigenvalue weighted by molar-refractivity contribution is 0.174. The third kappa shape index (κ3) is 3.01. The minimum atomic E-state index is 0.413. The quantitative estimate of drug-likeness (QED) is 0.789. The van der Waals surface area contributed by atoms with Crippen molar-refractivity contribution in [2.24, 2.45) is 0 Å². The molecule has 0 aliphatic carbocycles. The number of hydrogen-bond donors (Lipinski definition) is 0. The number of nitrogens with zero attached hydrogens (tertiary/aromatic N) is 3. The molecular weight excluding hydrogens is 285 g/mol. The van der Waals surface area contributed by atoms with Crippen molar-refractivity contribution in [2.75, 3.05) is 7.11 Å². The normalized spacial score (nSPS) is 10.8. The van der Waals surface area contributed by atoms with E-state index in [9.17, 15) is 0 Å². The van der Waals surface area contributed by atoms with Gasteiger partial charge in [-0.2, -0.15) is 5.26 Å². The van der Waals surface area contributed by atoms with Gasteiger partial charge in [-0.3, -0.25) is 0 Å². The molecule has 0 saturated carbocycles. The van der Waals surface area contributed by atoms with E-state index in [4.69, 9.17) is 33.2 Å². The Kier molecular flexibility index (Phi) is 4.65. The first kappa shape index (κ1) is 14.1. The molecule has 0 aliphatic rings. The molecule has 2 rings (SSSR count). The Balaban J connectivity index is 2.46. The first-order valence-electron chi connectivity index (χ1n) is 5.87. The molecular formula is C13H13Cl2N3O. The molecule has 0 atom stereocenters. The van der Waals surface area contributed by atoms with E-state index in [1.165, 1.54) is 0 Å². The molecule has 0 fully saturated rings. The van der Waals surface area contributed by atoms with Crippen molar-refractivity contribution in [3.05, 3.63) is 28.0 Å². The molecule has 0 amide bonds. The van der Waals surface area contributed by atoms with E-state index < -0.39 is 0 Å². The zero-order valence-electron chi connectivity index (χ0n) is 10.5. The fourth-order valence-corrected chi connectivity index (χ4v) is 2.29. The monoisotopic (exact) mass is 297 g/mol. The molecule has 0 bridgehead atoms. The van der Waals surface area contributed by atoms with Gasteiger partial charge >= 0.3 is 0 Å². The molecule has 100 valence electrons. The van der Waals surface area contributed by atoms with Crippen LogP contribution in [0.4, 0.5) is 0 Å². The Hall–Kier alpha value is -1.28. The Morgan fingerprint density at radius 3 is 2.79 bits per heavy atom. The lowest BCUT2D eigenvalue weighted by atomic mass is 10.3. The number of halogens is 2. The summed E-state index contributed by atoms with van der Waals surface area (Å²) in [7, 11) is 1.62. The van der Waals surface area contributed by atoms with Crippen LogP contribution in [0.25, 0.3) is 11.0 Å². The van der Waals surface area contributed by atoms with Crippen molar-refractivity contribution >= 4 is 34.2 Å². The summed E-state index contributed by atoms with van der Waals surface area (Å²) in [6.45, 7) is 1.12. The van der Waals surface area contributed by atoms with Gasteiger partial charge in [-0.1, -0.05) is 23.2 Å². The maximum absolute atomic E-state index is 8.62. The number of nitriles is 1. The van der Waals surface area contributed by atoms with Gasteiger partial charge in [-0.05, 0) is 18.6 Å². The molecule has 0 radical (unpaired) electrons. The van der Waals surface area contributed by atoms with Gasteiger partial charge < -0.3 is 9.30 Å². The molecule has 19 heavy (non-hydrogen) atoms. The maximum Gasteiger partial charge on any atom is 0.135 e. The first-order valence-corrected chi connectivity index (χ1v) is 6.63. The molecule has 0 spiro atoms. The maximum atomic E-state index is 8.62.